The zero-order valence-corrected chi connectivity index (χ0v) is 14.1. The van der Waals surface area contributed by atoms with Crippen molar-refractivity contribution < 1.29 is 0 Å². The predicted octanol–water partition coefficient (Wildman–Crippen LogP) is 2.41. The van der Waals surface area contributed by atoms with E-state index in [2.05, 4.69) is 53.0 Å². The molecule has 1 N–H and O–H groups in total. The van der Waals surface area contributed by atoms with Gasteiger partial charge in [-0.3, -0.25) is 0 Å². The van der Waals surface area contributed by atoms with E-state index in [-0.39, 0.29) is 0 Å². The number of nitrogens with zero attached hydrogens (tertiary/aromatic N) is 4. The Labute approximate surface area is 127 Å². The van der Waals surface area contributed by atoms with Gasteiger partial charge in [0.2, 0.25) is 0 Å². The summed E-state index contributed by atoms with van der Waals surface area (Å²) in [6.07, 6.45) is 3.15. The fraction of sp³-hybridized carbons (Fsp3) is 0.714. The monoisotopic (exact) mass is 297 g/mol. The van der Waals surface area contributed by atoms with E-state index in [1.807, 2.05) is 12.3 Å². The Bertz CT molecular complexity index is 397. The van der Waals surface area contributed by atoms with Gasteiger partial charge in [0.05, 0.1) is 0 Å². The van der Waals surface area contributed by atoms with Crippen molar-refractivity contribution in [1.29, 1.82) is 0 Å². The highest BCUT2D eigenvalue weighted by Gasteiger charge is 2.10. The molecule has 0 fully saturated rings. The summed E-state index contributed by atoms with van der Waals surface area (Å²) in [7, 11) is 4.21. The van der Waals surface area contributed by atoms with E-state index >= 15 is 0 Å². The zero-order chi connectivity index (χ0) is 15.0. The predicted molar refractivity (Wildman–Crippen MR) is 89.0 cm³/mol. The maximum absolute atomic E-state index is 4.63. The minimum absolute atomic E-state index is 0.824. The molecule has 5 nitrogen and oxygen atoms in total. The molecule has 0 bridgehead atoms. The Hall–Kier alpha value is -1.01. The fourth-order valence-electron chi connectivity index (χ4n) is 1.95. The quantitative estimate of drug-likeness (QED) is 0.558. The molecule has 0 saturated heterocycles. The van der Waals surface area contributed by atoms with Crippen molar-refractivity contribution in [2.75, 3.05) is 56.7 Å². The van der Waals surface area contributed by atoms with E-state index in [1.165, 1.54) is 0 Å². The molecule has 0 aliphatic carbocycles. The van der Waals surface area contributed by atoms with Crippen LogP contribution < -0.4 is 10.2 Å². The molecule has 1 aromatic heterocycles. The fourth-order valence-corrected chi connectivity index (χ4v) is 2.32. The van der Waals surface area contributed by atoms with Gasteiger partial charge in [0.25, 0.3) is 0 Å². The van der Waals surface area contributed by atoms with Crippen molar-refractivity contribution in [1.82, 2.24) is 14.9 Å². The second-order valence-electron chi connectivity index (χ2n) is 4.86. The van der Waals surface area contributed by atoms with E-state index in [0.29, 0.717) is 0 Å². The molecule has 0 radical (unpaired) electrons. The van der Waals surface area contributed by atoms with E-state index in [4.69, 9.17) is 0 Å². The van der Waals surface area contributed by atoms with Crippen LogP contribution in [0.2, 0.25) is 0 Å². The number of aromatic nitrogens is 2. The lowest BCUT2D eigenvalue weighted by Gasteiger charge is -2.23. The van der Waals surface area contributed by atoms with Crippen LogP contribution in [-0.2, 0) is 0 Å². The minimum atomic E-state index is 0.824. The second kappa shape index (κ2) is 9.02. The Morgan fingerprint density at radius 2 is 1.95 bits per heavy atom. The van der Waals surface area contributed by atoms with Gasteiger partial charge in [0.1, 0.15) is 11.6 Å². The molecule has 6 heteroatoms. The topological polar surface area (TPSA) is 44.3 Å². The van der Waals surface area contributed by atoms with Crippen LogP contribution in [0.25, 0.3) is 0 Å². The van der Waals surface area contributed by atoms with Gasteiger partial charge in [-0.25, -0.2) is 9.97 Å². The summed E-state index contributed by atoms with van der Waals surface area (Å²) < 4.78 is 0. The molecule has 0 aliphatic rings. The lowest BCUT2D eigenvalue weighted by molar-refractivity contribution is 0.400. The van der Waals surface area contributed by atoms with Crippen LogP contribution in [0.4, 0.5) is 11.6 Å². The van der Waals surface area contributed by atoms with Gasteiger partial charge in [-0.2, -0.15) is 0 Å². The zero-order valence-electron chi connectivity index (χ0n) is 13.3. The number of rotatable bonds is 9. The molecule has 1 heterocycles. The third-order valence-electron chi connectivity index (χ3n) is 2.97. The van der Waals surface area contributed by atoms with E-state index in [0.717, 1.165) is 49.4 Å². The second-order valence-corrected chi connectivity index (χ2v) is 5.64. The molecular weight excluding hydrogens is 270 g/mol. The van der Waals surface area contributed by atoms with Crippen molar-refractivity contribution in [3.63, 3.8) is 0 Å². The molecule has 0 atom stereocenters. The first-order valence-corrected chi connectivity index (χ1v) is 8.39. The first-order chi connectivity index (χ1) is 9.60. The highest BCUT2D eigenvalue weighted by molar-refractivity contribution is 7.98. The Kier molecular flexibility index (Phi) is 7.69. The molecule has 0 saturated carbocycles. The minimum Gasteiger partial charge on any atom is -0.370 e. The van der Waals surface area contributed by atoms with Crippen molar-refractivity contribution >= 4 is 23.4 Å². The van der Waals surface area contributed by atoms with Crippen LogP contribution in [-0.4, -0.2) is 61.4 Å². The number of hydrogen-bond acceptors (Lipinski definition) is 6. The van der Waals surface area contributed by atoms with Gasteiger partial charge < -0.3 is 15.1 Å². The average molecular weight is 297 g/mol. The highest BCUT2D eigenvalue weighted by Crippen LogP contribution is 2.20. The van der Waals surface area contributed by atoms with Crippen LogP contribution in [0.1, 0.15) is 20.3 Å². The standard InChI is InChI=1S/C14H27N5S/c1-6-15-12-11-13(17-14(16-12)20-5)19(7-2)10-8-9-18(3)4/h11H,6-10H2,1-5H3,(H,15,16,17). The van der Waals surface area contributed by atoms with Gasteiger partial charge >= 0.3 is 0 Å². The molecule has 1 aromatic rings. The Morgan fingerprint density at radius 3 is 2.50 bits per heavy atom. The van der Waals surface area contributed by atoms with Crippen molar-refractivity contribution in [2.45, 2.75) is 25.4 Å². The Morgan fingerprint density at radius 1 is 1.20 bits per heavy atom. The summed E-state index contributed by atoms with van der Waals surface area (Å²) >= 11 is 1.58. The van der Waals surface area contributed by atoms with Gasteiger partial charge in [-0.15, -0.1) is 0 Å². The highest BCUT2D eigenvalue weighted by atomic mass is 32.2. The van der Waals surface area contributed by atoms with Crippen molar-refractivity contribution in [3.05, 3.63) is 6.07 Å². The van der Waals surface area contributed by atoms with E-state index in [9.17, 15) is 0 Å². The van der Waals surface area contributed by atoms with E-state index in [1.54, 1.807) is 11.8 Å². The third-order valence-corrected chi connectivity index (χ3v) is 3.52. The average Bonchev–Trinajstić information content (AvgIpc) is 2.43. The summed E-state index contributed by atoms with van der Waals surface area (Å²) in [5.74, 6) is 1.93. The maximum Gasteiger partial charge on any atom is 0.191 e. The molecular formula is C14H27N5S. The number of hydrogen-bond donors (Lipinski definition) is 1. The van der Waals surface area contributed by atoms with Gasteiger partial charge in [-0.1, -0.05) is 11.8 Å². The largest absolute Gasteiger partial charge is 0.370 e. The Balaban J connectivity index is 2.81. The maximum atomic E-state index is 4.63. The number of thioether (sulfide) groups is 1. The van der Waals surface area contributed by atoms with Crippen LogP contribution in [0.3, 0.4) is 0 Å². The third kappa shape index (κ3) is 5.54. The van der Waals surface area contributed by atoms with E-state index < -0.39 is 0 Å². The SMILES string of the molecule is CCNc1cc(N(CC)CCCN(C)C)nc(SC)n1. The molecule has 0 amide bonds. The molecule has 0 spiro atoms. The van der Waals surface area contributed by atoms with Gasteiger partial charge in [0, 0.05) is 25.7 Å². The van der Waals surface area contributed by atoms with Gasteiger partial charge in [-0.05, 0) is 47.2 Å². The van der Waals surface area contributed by atoms with Crippen LogP contribution in [0.15, 0.2) is 11.2 Å². The molecule has 1 rings (SSSR count). The summed E-state index contributed by atoms with van der Waals surface area (Å²) in [6, 6.07) is 2.04. The first kappa shape index (κ1) is 17.0. The summed E-state index contributed by atoms with van der Waals surface area (Å²) in [4.78, 5) is 13.6. The number of anilines is 2. The molecule has 0 aliphatic heterocycles. The number of nitrogens with one attached hydrogen (secondary N) is 1. The summed E-state index contributed by atoms with van der Waals surface area (Å²) in [5, 5.41) is 4.10. The van der Waals surface area contributed by atoms with Crippen LogP contribution in [0, 0.1) is 0 Å². The summed E-state index contributed by atoms with van der Waals surface area (Å²) in [5.41, 5.74) is 0. The van der Waals surface area contributed by atoms with Crippen molar-refractivity contribution in [2.24, 2.45) is 0 Å². The molecule has 20 heavy (non-hydrogen) atoms. The molecule has 0 aromatic carbocycles. The normalized spacial score (nSPS) is 10.9. The lowest BCUT2D eigenvalue weighted by Crippen LogP contribution is -2.28. The van der Waals surface area contributed by atoms with Crippen LogP contribution >= 0.6 is 11.8 Å². The summed E-state index contributed by atoms with van der Waals surface area (Å²) in [6.45, 7) is 8.20. The van der Waals surface area contributed by atoms with Gasteiger partial charge in [0.15, 0.2) is 5.16 Å². The lowest BCUT2D eigenvalue weighted by atomic mass is 10.3. The smallest absolute Gasteiger partial charge is 0.191 e. The molecule has 114 valence electrons. The first-order valence-electron chi connectivity index (χ1n) is 7.17. The van der Waals surface area contributed by atoms with Crippen molar-refractivity contribution in [3.8, 4) is 0 Å². The molecule has 0 unspecified atom stereocenters. The van der Waals surface area contributed by atoms with Crippen LogP contribution in [0.5, 0.6) is 0 Å².